The van der Waals surface area contributed by atoms with Crippen molar-refractivity contribution in [2.24, 2.45) is 17.8 Å². The van der Waals surface area contributed by atoms with Crippen molar-refractivity contribution in [3.63, 3.8) is 0 Å². The summed E-state index contributed by atoms with van der Waals surface area (Å²) in [5.74, 6) is -1.42. The lowest BCUT2D eigenvalue weighted by atomic mass is 9.81. The van der Waals surface area contributed by atoms with Crippen LogP contribution < -0.4 is 5.32 Å². The average molecular weight is 388 g/mol. The number of hydrogen-bond acceptors (Lipinski definition) is 5. The summed E-state index contributed by atoms with van der Waals surface area (Å²) in [5.41, 5.74) is 2.05. The molecule has 2 bridgehead atoms. The van der Waals surface area contributed by atoms with Crippen molar-refractivity contribution < 1.29 is 19.1 Å². The first-order chi connectivity index (χ1) is 13.3. The second kappa shape index (κ2) is 6.99. The molecule has 8 nitrogen and oxygen atoms in total. The summed E-state index contributed by atoms with van der Waals surface area (Å²) in [4.78, 5) is 39.4. The molecule has 4 heterocycles. The molecule has 6 atom stereocenters. The zero-order valence-corrected chi connectivity index (χ0v) is 16.8. The van der Waals surface area contributed by atoms with E-state index < -0.39 is 17.9 Å². The molecule has 3 fully saturated rings. The van der Waals surface area contributed by atoms with Crippen LogP contribution in [0.25, 0.3) is 0 Å². The van der Waals surface area contributed by atoms with Crippen molar-refractivity contribution in [1.29, 1.82) is 0 Å². The summed E-state index contributed by atoms with van der Waals surface area (Å²) >= 11 is 0. The highest BCUT2D eigenvalue weighted by Gasteiger charge is 2.63. The van der Waals surface area contributed by atoms with E-state index in [9.17, 15) is 14.4 Å². The first-order valence-corrected chi connectivity index (χ1v) is 10.1. The van der Waals surface area contributed by atoms with Gasteiger partial charge in [0.2, 0.25) is 17.7 Å². The standard InChI is InChI=1S/C20H28N4O4/c1-10(9-23-12(3)7-11(2)22-23)8-21-18(25)13(4)24-19(26)16-14-5-6-15(28-14)17(16)20(24)27/h7,10,13-17H,5-6,8-9H2,1-4H3,(H,21,25). The monoisotopic (exact) mass is 388 g/mol. The van der Waals surface area contributed by atoms with Gasteiger partial charge in [0.1, 0.15) is 6.04 Å². The zero-order chi connectivity index (χ0) is 20.2. The van der Waals surface area contributed by atoms with Gasteiger partial charge in [0, 0.05) is 18.8 Å². The Balaban J connectivity index is 1.34. The molecule has 0 aromatic carbocycles. The van der Waals surface area contributed by atoms with E-state index in [0.717, 1.165) is 24.2 Å². The third-order valence-electron chi connectivity index (χ3n) is 6.30. The topological polar surface area (TPSA) is 93.5 Å². The van der Waals surface area contributed by atoms with Crippen molar-refractivity contribution in [2.75, 3.05) is 6.54 Å². The Morgan fingerprint density at radius 3 is 2.36 bits per heavy atom. The van der Waals surface area contributed by atoms with Crippen molar-refractivity contribution in [1.82, 2.24) is 20.0 Å². The maximum Gasteiger partial charge on any atom is 0.243 e. The van der Waals surface area contributed by atoms with Gasteiger partial charge in [-0.15, -0.1) is 0 Å². The number of nitrogens with one attached hydrogen (secondary N) is 1. The molecular weight excluding hydrogens is 360 g/mol. The largest absolute Gasteiger partial charge is 0.373 e. The summed E-state index contributed by atoms with van der Waals surface area (Å²) in [6, 6.07) is 1.22. The smallest absolute Gasteiger partial charge is 0.243 e. The second-order valence-corrected chi connectivity index (χ2v) is 8.52. The molecule has 152 valence electrons. The Morgan fingerprint density at radius 1 is 1.21 bits per heavy atom. The van der Waals surface area contributed by atoms with Crippen LogP contribution in [-0.4, -0.2) is 57.2 Å². The fraction of sp³-hybridized carbons (Fsp3) is 0.700. The van der Waals surface area contributed by atoms with E-state index in [4.69, 9.17) is 4.74 Å². The van der Waals surface area contributed by atoms with Gasteiger partial charge in [0.25, 0.3) is 0 Å². The molecule has 1 aromatic heterocycles. The summed E-state index contributed by atoms with van der Waals surface area (Å²) in [6.07, 6.45) is 1.33. The SMILES string of the molecule is Cc1cc(C)n(CC(C)CNC(=O)C(C)N2C(=O)C3C4CCC(O4)C3C2=O)n1. The molecule has 1 N–H and O–H groups in total. The van der Waals surface area contributed by atoms with Crippen LogP contribution in [0, 0.1) is 31.6 Å². The number of likely N-dealkylation sites (tertiary alicyclic amines) is 1. The van der Waals surface area contributed by atoms with E-state index in [1.165, 1.54) is 4.90 Å². The normalized spacial score (nSPS) is 30.6. The van der Waals surface area contributed by atoms with E-state index in [1.807, 2.05) is 31.5 Å². The Morgan fingerprint density at radius 2 is 1.82 bits per heavy atom. The molecule has 28 heavy (non-hydrogen) atoms. The Labute approximate surface area is 164 Å². The fourth-order valence-electron chi connectivity index (χ4n) is 4.88. The van der Waals surface area contributed by atoms with Crippen LogP contribution in [0.1, 0.15) is 38.1 Å². The van der Waals surface area contributed by atoms with E-state index >= 15 is 0 Å². The maximum atomic E-state index is 12.8. The maximum absolute atomic E-state index is 12.8. The number of imide groups is 1. The van der Waals surface area contributed by atoms with Crippen LogP contribution in [-0.2, 0) is 25.7 Å². The minimum absolute atomic E-state index is 0.160. The molecule has 0 aliphatic carbocycles. The molecule has 0 radical (unpaired) electrons. The molecule has 6 unspecified atom stereocenters. The van der Waals surface area contributed by atoms with Crippen molar-refractivity contribution in [3.8, 4) is 0 Å². The van der Waals surface area contributed by atoms with E-state index in [-0.39, 0.29) is 35.8 Å². The van der Waals surface area contributed by atoms with Gasteiger partial charge in [-0.05, 0) is 45.6 Å². The number of aromatic nitrogens is 2. The predicted molar refractivity (Wildman–Crippen MR) is 100 cm³/mol. The molecule has 8 heteroatoms. The molecule has 3 aliphatic heterocycles. The van der Waals surface area contributed by atoms with E-state index in [2.05, 4.69) is 10.4 Å². The molecular formula is C20H28N4O4. The summed E-state index contributed by atoms with van der Waals surface area (Å²) < 4.78 is 7.67. The lowest BCUT2D eigenvalue weighted by Gasteiger charge is -2.24. The number of carbonyl (C=O) groups is 3. The highest BCUT2D eigenvalue weighted by atomic mass is 16.5. The number of hydrogen-bond donors (Lipinski definition) is 1. The average Bonchev–Trinajstić information content (AvgIpc) is 3.38. The van der Waals surface area contributed by atoms with Crippen LogP contribution >= 0.6 is 0 Å². The lowest BCUT2D eigenvalue weighted by molar-refractivity contribution is -0.149. The van der Waals surface area contributed by atoms with Gasteiger partial charge < -0.3 is 10.1 Å². The second-order valence-electron chi connectivity index (χ2n) is 8.52. The van der Waals surface area contributed by atoms with Crippen molar-refractivity contribution in [2.45, 2.75) is 65.3 Å². The lowest BCUT2D eigenvalue weighted by Crippen LogP contribution is -2.50. The molecule has 4 rings (SSSR count). The predicted octanol–water partition coefficient (Wildman–Crippen LogP) is 0.803. The van der Waals surface area contributed by atoms with Crippen LogP contribution in [0.2, 0.25) is 0 Å². The molecule has 1 aromatic rings. The quantitative estimate of drug-likeness (QED) is 0.728. The third kappa shape index (κ3) is 3.03. The minimum atomic E-state index is -0.800. The molecule has 3 saturated heterocycles. The van der Waals surface area contributed by atoms with Gasteiger partial charge in [-0.25, -0.2) is 0 Å². The van der Waals surface area contributed by atoms with Crippen molar-refractivity contribution >= 4 is 17.7 Å². The Kier molecular flexibility index (Phi) is 4.77. The molecule has 3 aliphatic rings. The Bertz CT molecular complexity index is 791. The van der Waals surface area contributed by atoms with E-state index in [1.54, 1.807) is 6.92 Å². The van der Waals surface area contributed by atoms with Crippen LogP contribution in [0.4, 0.5) is 0 Å². The molecule has 3 amide bonds. The first-order valence-electron chi connectivity index (χ1n) is 10.1. The zero-order valence-electron chi connectivity index (χ0n) is 16.8. The number of carbonyl (C=O) groups excluding carboxylic acids is 3. The highest BCUT2D eigenvalue weighted by Crippen LogP contribution is 2.48. The number of amides is 3. The number of rotatable bonds is 6. The summed E-state index contributed by atoms with van der Waals surface area (Å²) in [5, 5.41) is 7.34. The number of ether oxygens (including phenoxy) is 1. The number of aryl methyl sites for hydroxylation is 2. The van der Waals surface area contributed by atoms with Gasteiger partial charge in [-0.1, -0.05) is 6.92 Å². The Hall–Kier alpha value is -2.22. The van der Waals surface area contributed by atoms with Crippen LogP contribution in [0.3, 0.4) is 0 Å². The molecule has 0 spiro atoms. The number of fused-ring (bicyclic) bond motifs is 5. The van der Waals surface area contributed by atoms with Crippen LogP contribution in [0.5, 0.6) is 0 Å². The van der Waals surface area contributed by atoms with Crippen LogP contribution in [0.15, 0.2) is 6.07 Å². The summed E-state index contributed by atoms with van der Waals surface area (Å²) in [7, 11) is 0. The van der Waals surface area contributed by atoms with Gasteiger partial charge >= 0.3 is 0 Å². The number of nitrogens with zero attached hydrogens (tertiary/aromatic N) is 3. The van der Waals surface area contributed by atoms with Gasteiger partial charge in [-0.3, -0.25) is 24.0 Å². The molecule has 0 saturated carbocycles. The third-order valence-corrected chi connectivity index (χ3v) is 6.30. The minimum Gasteiger partial charge on any atom is -0.373 e. The van der Waals surface area contributed by atoms with Gasteiger partial charge in [0.15, 0.2) is 0 Å². The van der Waals surface area contributed by atoms with Crippen molar-refractivity contribution in [3.05, 3.63) is 17.5 Å². The van der Waals surface area contributed by atoms with E-state index in [0.29, 0.717) is 13.1 Å². The highest BCUT2D eigenvalue weighted by molar-refractivity contribution is 6.09. The fourth-order valence-corrected chi connectivity index (χ4v) is 4.88. The van der Waals surface area contributed by atoms with Gasteiger partial charge in [0.05, 0.1) is 29.7 Å². The first kappa shape index (κ1) is 19.1. The van der Waals surface area contributed by atoms with Gasteiger partial charge in [-0.2, -0.15) is 5.10 Å². The summed E-state index contributed by atoms with van der Waals surface area (Å²) in [6.45, 7) is 8.77.